The zero-order chi connectivity index (χ0) is 14.8. The zero-order valence-corrected chi connectivity index (χ0v) is 12.5. The summed E-state index contributed by atoms with van der Waals surface area (Å²) in [6.07, 6.45) is 5.61. The fourth-order valence-electron chi connectivity index (χ4n) is 2.38. The number of rotatable bonds is 4. The average molecular weight is 281 g/mol. The monoisotopic (exact) mass is 281 g/mol. The van der Waals surface area contributed by atoms with Gasteiger partial charge in [0, 0.05) is 25.1 Å². The van der Waals surface area contributed by atoms with Gasteiger partial charge in [-0.2, -0.15) is 0 Å². The molecular weight excluding hydrogens is 262 g/mol. The zero-order valence-electron chi connectivity index (χ0n) is 12.5. The number of aromatic nitrogens is 3. The molecule has 0 aliphatic rings. The van der Waals surface area contributed by atoms with Crippen molar-refractivity contribution >= 4 is 23.0 Å². The molecule has 2 N–H and O–H groups in total. The third kappa shape index (κ3) is 2.54. The van der Waals surface area contributed by atoms with E-state index in [9.17, 15) is 0 Å². The van der Waals surface area contributed by atoms with Crippen LogP contribution in [0.3, 0.4) is 0 Å². The highest BCUT2D eigenvalue weighted by atomic mass is 15.1. The summed E-state index contributed by atoms with van der Waals surface area (Å²) in [5.41, 5.74) is 3.14. The molecule has 0 bridgehead atoms. The van der Waals surface area contributed by atoms with E-state index in [0.717, 1.165) is 23.0 Å². The van der Waals surface area contributed by atoms with E-state index < -0.39 is 0 Å². The van der Waals surface area contributed by atoms with Gasteiger partial charge in [0.05, 0.1) is 6.20 Å². The lowest BCUT2D eigenvalue weighted by Gasteiger charge is -2.15. The Hall–Kier alpha value is -2.56. The second-order valence-corrected chi connectivity index (χ2v) is 5.25. The number of para-hydroxylation sites is 1. The molecule has 5 nitrogen and oxygen atoms in total. The van der Waals surface area contributed by atoms with E-state index in [4.69, 9.17) is 0 Å². The van der Waals surface area contributed by atoms with Crippen LogP contribution >= 0.6 is 0 Å². The van der Waals surface area contributed by atoms with E-state index >= 15 is 0 Å². The predicted molar refractivity (Wildman–Crippen MR) is 86.3 cm³/mol. The average Bonchev–Trinajstić information content (AvgIpc) is 2.96. The molecule has 21 heavy (non-hydrogen) atoms. The number of nitrogens with one attached hydrogen (secondary N) is 2. The highest BCUT2D eigenvalue weighted by Crippen LogP contribution is 2.28. The maximum absolute atomic E-state index is 4.58. The van der Waals surface area contributed by atoms with Crippen molar-refractivity contribution in [1.29, 1.82) is 0 Å². The minimum absolute atomic E-state index is 0.442. The largest absolute Gasteiger partial charge is 0.372 e. The first-order chi connectivity index (χ1) is 10.2. The van der Waals surface area contributed by atoms with Crippen LogP contribution in [0, 0.1) is 0 Å². The van der Waals surface area contributed by atoms with Crippen LogP contribution in [0.15, 0.2) is 42.9 Å². The SMILES string of the molecule is CNc1cn2ccnc2c(Nc2ccccc2C(C)C)n1. The molecule has 0 saturated carbocycles. The van der Waals surface area contributed by atoms with Crippen molar-refractivity contribution in [1.82, 2.24) is 14.4 Å². The van der Waals surface area contributed by atoms with Gasteiger partial charge in [0.15, 0.2) is 11.5 Å². The van der Waals surface area contributed by atoms with Gasteiger partial charge in [0.2, 0.25) is 0 Å². The molecule has 0 spiro atoms. The van der Waals surface area contributed by atoms with E-state index in [1.165, 1.54) is 5.56 Å². The Morgan fingerprint density at radius 1 is 1.19 bits per heavy atom. The van der Waals surface area contributed by atoms with E-state index in [2.05, 4.69) is 52.6 Å². The molecule has 2 aromatic heterocycles. The van der Waals surface area contributed by atoms with E-state index in [1.807, 2.05) is 29.9 Å². The normalized spacial score (nSPS) is 11.0. The maximum atomic E-state index is 4.58. The Bertz CT molecular complexity index is 760. The number of hydrogen-bond donors (Lipinski definition) is 2. The van der Waals surface area contributed by atoms with Gasteiger partial charge in [0.25, 0.3) is 0 Å². The Kier molecular flexibility index (Phi) is 3.48. The minimum atomic E-state index is 0.442. The van der Waals surface area contributed by atoms with Crippen LogP contribution < -0.4 is 10.6 Å². The van der Waals surface area contributed by atoms with E-state index in [-0.39, 0.29) is 0 Å². The number of anilines is 3. The predicted octanol–water partition coefficient (Wildman–Crippen LogP) is 3.64. The third-order valence-electron chi connectivity index (χ3n) is 3.47. The van der Waals surface area contributed by atoms with Gasteiger partial charge >= 0.3 is 0 Å². The van der Waals surface area contributed by atoms with Crippen LogP contribution in [0.1, 0.15) is 25.3 Å². The molecule has 0 aliphatic heterocycles. The van der Waals surface area contributed by atoms with Crippen LogP contribution in [0.25, 0.3) is 5.65 Å². The minimum Gasteiger partial charge on any atom is -0.372 e. The molecule has 0 unspecified atom stereocenters. The van der Waals surface area contributed by atoms with Gasteiger partial charge in [-0.05, 0) is 17.5 Å². The first-order valence-corrected chi connectivity index (χ1v) is 7.06. The highest BCUT2D eigenvalue weighted by Gasteiger charge is 2.11. The Morgan fingerprint density at radius 3 is 2.76 bits per heavy atom. The topological polar surface area (TPSA) is 54.2 Å². The Balaban J connectivity index is 2.07. The van der Waals surface area contributed by atoms with Crippen LogP contribution in [-0.4, -0.2) is 21.4 Å². The molecule has 0 aliphatic carbocycles. The van der Waals surface area contributed by atoms with Crippen molar-refractivity contribution in [2.75, 3.05) is 17.7 Å². The molecule has 1 aromatic carbocycles. The van der Waals surface area contributed by atoms with Gasteiger partial charge in [-0.25, -0.2) is 9.97 Å². The number of benzene rings is 1. The molecule has 0 amide bonds. The molecule has 5 heteroatoms. The molecule has 108 valence electrons. The second-order valence-electron chi connectivity index (χ2n) is 5.25. The lowest BCUT2D eigenvalue weighted by atomic mass is 10.0. The van der Waals surface area contributed by atoms with Crippen LogP contribution in [0.4, 0.5) is 17.3 Å². The van der Waals surface area contributed by atoms with Crippen molar-refractivity contribution < 1.29 is 0 Å². The molecular formula is C16H19N5. The standard InChI is InChI=1S/C16H19N5/c1-11(2)12-6-4-5-7-13(12)19-15-16-18-8-9-21(16)10-14(17-3)20-15/h4-11,17H,1-3H3,(H,19,20). The summed E-state index contributed by atoms with van der Waals surface area (Å²) in [4.78, 5) is 8.96. The summed E-state index contributed by atoms with van der Waals surface area (Å²) in [5.74, 6) is 1.99. The van der Waals surface area contributed by atoms with Gasteiger partial charge in [-0.15, -0.1) is 0 Å². The molecule has 3 aromatic rings. The highest BCUT2D eigenvalue weighted by molar-refractivity contribution is 5.73. The molecule has 0 fully saturated rings. The van der Waals surface area contributed by atoms with Crippen LogP contribution in [-0.2, 0) is 0 Å². The van der Waals surface area contributed by atoms with E-state index in [0.29, 0.717) is 5.92 Å². The third-order valence-corrected chi connectivity index (χ3v) is 3.47. The molecule has 3 rings (SSSR count). The van der Waals surface area contributed by atoms with Crippen molar-refractivity contribution in [3.8, 4) is 0 Å². The number of hydrogen-bond acceptors (Lipinski definition) is 4. The van der Waals surface area contributed by atoms with Crippen LogP contribution in [0.5, 0.6) is 0 Å². The fraction of sp³-hybridized carbons (Fsp3) is 0.250. The molecule has 2 heterocycles. The van der Waals surface area contributed by atoms with Gasteiger partial charge in [0.1, 0.15) is 5.82 Å². The maximum Gasteiger partial charge on any atom is 0.180 e. The van der Waals surface area contributed by atoms with Gasteiger partial charge in [-0.3, -0.25) is 0 Å². The van der Waals surface area contributed by atoms with Crippen molar-refractivity contribution in [3.05, 3.63) is 48.4 Å². The summed E-state index contributed by atoms with van der Waals surface area (Å²) in [6, 6.07) is 8.29. The first-order valence-electron chi connectivity index (χ1n) is 7.06. The lowest BCUT2D eigenvalue weighted by Crippen LogP contribution is -2.04. The summed E-state index contributed by atoms with van der Waals surface area (Å²) in [7, 11) is 1.86. The van der Waals surface area contributed by atoms with Crippen LogP contribution in [0.2, 0.25) is 0 Å². The molecule has 0 saturated heterocycles. The van der Waals surface area contributed by atoms with Crippen molar-refractivity contribution in [3.63, 3.8) is 0 Å². The quantitative estimate of drug-likeness (QED) is 0.766. The van der Waals surface area contributed by atoms with Crippen molar-refractivity contribution in [2.45, 2.75) is 19.8 Å². The number of nitrogens with zero attached hydrogens (tertiary/aromatic N) is 3. The van der Waals surface area contributed by atoms with E-state index in [1.54, 1.807) is 6.20 Å². The van der Waals surface area contributed by atoms with Gasteiger partial charge in [-0.1, -0.05) is 32.0 Å². The summed E-state index contributed by atoms with van der Waals surface area (Å²) >= 11 is 0. The van der Waals surface area contributed by atoms with Gasteiger partial charge < -0.3 is 15.0 Å². The number of imidazole rings is 1. The Labute approximate surface area is 124 Å². The smallest absolute Gasteiger partial charge is 0.180 e. The summed E-state index contributed by atoms with van der Waals surface area (Å²) in [6.45, 7) is 4.37. The summed E-state index contributed by atoms with van der Waals surface area (Å²) in [5, 5.41) is 6.50. The first kappa shape index (κ1) is 13.4. The summed E-state index contributed by atoms with van der Waals surface area (Å²) < 4.78 is 1.96. The lowest BCUT2D eigenvalue weighted by molar-refractivity contribution is 0.869. The second kappa shape index (κ2) is 5.44. The molecule has 0 atom stereocenters. The fourth-order valence-corrected chi connectivity index (χ4v) is 2.38. The van der Waals surface area contributed by atoms with Crippen molar-refractivity contribution in [2.24, 2.45) is 0 Å². The number of fused-ring (bicyclic) bond motifs is 1. The molecule has 0 radical (unpaired) electrons. The Morgan fingerprint density at radius 2 is 2.00 bits per heavy atom.